The highest BCUT2D eigenvalue weighted by Gasteiger charge is 2.29. The van der Waals surface area contributed by atoms with Crippen molar-refractivity contribution in [3.05, 3.63) is 35.9 Å². The van der Waals surface area contributed by atoms with Crippen LogP contribution >= 0.6 is 0 Å². The molecule has 1 amide bonds. The van der Waals surface area contributed by atoms with E-state index in [4.69, 9.17) is 14.5 Å². The molecular formula is C28H37F2N7O4. The highest BCUT2D eigenvalue weighted by atomic mass is 19.3. The van der Waals surface area contributed by atoms with Crippen LogP contribution in [0.1, 0.15) is 86.3 Å². The highest BCUT2D eigenvalue weighted by molar-refractivity contribution is 6.08. The summed E-state index contributed by atoms with van der Waals surface area (Å²) in [6.07, 6.45) is 9.71. The normalized spacial score (nSPS) is 25.6. The molecule has 6 rings (SSSR count). The molecule has 0 aromatic carbocycles. The van der Waals surface area contributed by atoms with Crippen LogP contribution < -0.4 is 10.2 Å². The van der Waals surface area contributed by atoms with E-state index in [1.807, 2.05) is 6.07 Å². The van der Waals surface area contributed by atoms with Crippen molar-refractivity contribution >= 4 is 23.1 Å². The zero-order valence-electron chi connectivity index (χ0n) is 23.0. The van der Waals surface area contributed by atoms with Gasteiger partial charge in [0.1, 0.15) is 11.4 Å². The number of hydrogen-bond donors (Lipinski definition) is 2. The molecule has 0 spiro atoms. The first kappa shape index (κ1) is 28.0. The van der Waals surface area contributed by atoms with Gasteiger partial charge in [0.25, 0.3) is 12.3 Å². The zero-order valence-corrected chi connectivity index (χ0v) is 23.0. The van der Waals surface area contributed by atoms with Gasteiger partial charge in [0, 0.05) is 38.7 Å². The summed E-state index contributed by atoms with van der Waals surface area (Å²) in [5.74, 6) is 0.353. The molecule has 3 aromatic rings. The Kier molecular flexibility index (Phi) is 8.45. The smallest absolute Gasteiger partial charge is 0.284 e. The van der Waals surface area contributed by atoms with E-state index in [0.29, 0.717) is 18.0 Å². The predicted molar refractivity (Wildman–Crippen MR) is 146 cm³/mol. The SMILES string of the molecule is O=C(Nc1cn(C2CCC(CO)CC2)nc1C(F)F)c1cnn2ccc(N3CCC[C@H](OC4CCCCO4)C3)nc12. The third kappa shape index (κ3) is 6.21. The van der Waals surface area contributed by atoms with Crippen LogP contribution in [0, 0.1) is 5.92 Å². The number of hydrogen-bond acceptors (Lipinski definition) is 8. The van der Waals surface area contributed by atoms with Gasteiger partial charge in [0.15, 0.2) is 17.6 Å². The average molecular weight is 574 g/mol. The maximum Gasteiger partial charge on any atom is 0.284 e. The molecule has 3 aromatic heterocycles. The van der Waals surface area contributed by atoms with E-state index in [2.05, 4.69) is 20.4 Å². The maximum atomic E-state index is 13.9. The minimum absolute atomic E-state index is 0.0225. The van der Waals surface area contributed by atoms with Crippen molar-refractivity contribution < 1.29 is 28.2 Å². The van der Waals surface area contributed by atoms with Crippen LogP contribution in [0.3, 0.4) is 0 Å². The lowest BCUT2D eigenvalue weighted by Crippen LogP contribution is -2.42. The van der Waals surface area contributed by atoms with Gasteiger partial charge in [0.05, 0.1) is 24.0 Å². The number of nitrogens with one attached hydrogen (secondary N) is 1. The molecule has 0 bridgehead atoms. The van der Waals surface area contributed by atoms with Crippen LogP contribution in [0.2, 0.25) is 0 Å². The van der Waals surface area contributed by atoms with Crippen LogP contribution in [0.5, 0.6) is 0 Å². The van der Waals surface area contributed by atoms with E-state index in [-0.39, 0.29) is 42.2 Å². The Morgan fingerprint density at radius 3 is 2.78 bits per heavy atom. The summed E-state index contributed by atoms with van der Waals surface area (Å²) >= 11 is 0. The third-order valence-corrected chi connectivity index (χ3v) is 8.45. The van der Waals surface area contributed by atoms with Gasteiger partial charge in [0.2, 0.25) is 0 Å². The number of aliphatic hydroxyl groups excluding tert-OH is 1. The van der Waals surface area contributed by atoms with Crippen molar-refractivity contribution in [2.24, 2.45) is 5.92 Å². The fourth-order valence-corrected chi connectivity index (χ4v) is 6.12. The van der Waals surface area contributed by atoms with Crippen molar-refractivity contribution in [2.45, 2.75) is 82.6 Å². The van der Waals surface area contributed by atoms with Crippen molar-refractivity contribution in [3.8, 4) is 0 Å². The molecule has 11 nitrogen and oxygen atoms in total. The molecule has 222 valence electrons. The lowest BCUT2D eigenvalue weighted by molar-refractivity contribution is -0.188. The molecule has 2 saturated heterocycles. The van der Waals surface area contributed by atoms with Gasteiger partial charge in [-0.1, -0.05) is 0 Å². The number of anilines is 2. The van der Waals surface area contributed by atoms with Crippen molar-refractivity contribution in [1.29, 1.82) is 0 Å². The van der Waals surface area contributed by atoms with Gasteiger partial charge in [-0.15, -0.1) is 0 Å². The summed E-state index contributed by atoms with van der Waals surface area (Å²) in [5.41, 5.74) is 0.0375. The Bertz CT molecular complexity index is 1330. The number of nitrogens with zero attached hydrogens (tertiary/aromatic N) is 6. The van der Waals surface area contributed by atoms with Crippen LogP contribution in [-0.2, 0) is 9.47 Å². The molecule has 3 fully saturated rings. The quantitative estimate of drug-likeness (QED) is 0.408. The molecule has 13 heteroatoms. The summed E-state index contributed by atoms with van der Waals surface area (Å²) in [6.45, 7) is 2.33. The molecule has 1 aliphatic carbocycles. The number of halogens is 2. The molecule has 1 saturated carbocycles. The lowest BCUT2D eigenvalue weighted by Gasteiger charge is -2.36. The number of aliphatic hydroxyl groups is 1. The predicted octanol–water partition coefficient (Wildman–Crippen LogP) is 4.35. The van der Waals surface area contributed by atoms with Gasteiger partial charge in [-0.3, -0.25) is 9.48 Å². The number of carbonyl (C=O) groups is 1. The molecule has 3 aliphatic rings. The van der Waals surface area contributed by atoms with E-state index < -0.39 is 18.0 Å². The fraction of sp³-hybridized carbons (Fsp3) is 0.643. The van der Waals surface area contributed by atoms with Crippen LogP contribution in [-0.4, -0.2) is 74.1 Å². The number of alkyl halides is 2. The summed E-state index contributed by atoms with van der Waals surface area (Å²) in [7, 11) is 0. The van der Waals surface area contributed by atoms with Crippen LogP contribution in [0.25, 0.3) is 5.65 Å². The fourth-order valence-electron chi connectivity index (χ4n) is 6.12. The van der Waals surface area contributed by atoms with Gasteiger partial charge in [-0.05, 0) is 69.8 Å². The second-order valence-corrected chi connectivity index (χ2v) is 11.3. The largest absolute Gasteiger partial charge is 0.396 e. The van der Waals surface area contributed by atoms with Gasteiger partial charge in [-0.2, -0.15) is 10.2 Å². The molecule has 41 heavy (non-hydrogen) atoms. The summed E-state index contributed by atoms with van der Waals surface area (Å²) < 4.78 is 42.8. The first-order chi connectivity index (χ1) is 20.0. The van der Waals surface area contributed by atoms with E-state index >= 15 is 0 Å². The standard InChI is InChI=1S/C28H37F2N7O4/c29-26(30)25-22(16-37(34-25)19-8-6-18(17-38)7-9-19)32-28(39)21-14-31-36-12-10-23(33-27(21)36)35-11-3-4-20(15-35)41-24-5-1-2-13-40-24/h10,12,14,16,18-20,24,26,38H,1-9,11,13,15,17H2,(H,32,39)/t18?,19?,20-,24?/m0/s1. The number of ether oxygens (including phenoxy) is 2. The molecule has 2 aliphatic heterocycles. The van der Waals surface area contributed by atoms with Crippen molar-refractivity contribution in [3.63, 3.8) is 0 Å². The number of aromatic nitrogens is 5. The number of carbonyl (C=O) groups excluding carboxylic acids is 1. The zero-order chi connectivity index (χ0) is 28.3. The van der Waals surface area contributed by atoms with Crippen LogP contribution in [0.4, 0.5) is 20.3 Å². The van der Waals surface area contributed by atoms with Gasteiger partial charge >= 0.3 is 0 Å². The second-order valence-electron chi connectivity index (χ2n) is 11.3. The monoisotopic (exact) mass is 573 g/mol. The summed E-state index contributed by atoms with van der Waals surface area (Å²) in [4.78, 5) is 20.2. The van der Waals surface area contributed by atoms with E-state index in [1.165, 1.54) is 21.6 Å². The van der Waals surface area contributed by atoms with E-state index in [1.54, 1.807) is 6.20 Å². The Labute approximate surface area is 236 Å². The van der Waals surface area contributed by atoms with Gasteiger partial charge in [-0.25, -0.2) is 18.3 Å². The first-order valence-electron chi connectivity index (χ1n) is 14.6. The lowest BCUT2D eigenvalue weighted by atomic mass is 9.87. The van der Waals surface area contributed by atoms with Crippen molar-refractivity contribution in [1.82, 2.24) is 24.4 Å². The third-order valence-electron chi connectivity index (χ3n) is 8.45. The molecule has 2 atom stereocenters. The Morgan fingerprint density at radius 2 is 2.02 bits per heavy atom. The minimum Gasteiger partial charge on any atom is -0.396 e. The van der Waals surface area contributed by atoms with Gasteiger partial charge < -0.3 is 24.8 Å². The average Bonchev–Trinajstić information content (AvgIpc) is 3.62. The van der Waals surface area contributed by atoms with E-state index in [9.17, 15) is 18.7 Å². The second kappa shape index (κ2) is 12.4. The minimum atomic E-state index is -2.85. The van der Waals surface area contributed by atoms with E-state index in [0.717, 1.165) is 70.9 Å². The highest BCUT2D eigenvalue weighted by Crippen LogP contribution is 2.35. The van der Waals surface area contributed by atoms with Crippen molar-refractivity contribution in [2.75, 3.05) is 36.5 Å². The Balaban J connectivity index is 1.17. The summed E-state index contributed by atoms with van der Waals surface area (Å²) in [5, 5.41) is 20.4. The molecule has 1 unspecified atom stereocenters. The number of fused-ring (bicyclic) bond motifs is 1. The topological polar surface area (TPSA) is 119 Å². The molecule has 0 radical (unpaired) electrons. The number of piperidine rings is 1. The Hall–Kier alpha value is -3.16. The first-order valence-corrected chi connectivity index (χ1v) is 14.6. The Morgan fingerprint density at radius 1 is 1.17 bits per heavy atom. The maximum absolute atomic E-state index is 13.9. The van der Waals surface area contributed by atoms with Crippen LogP contribution in [0.15, 0.2) is 24.7 Å². The summed E-state index contributed by atoms with van der Waals surface area (Å²) in [6, 6.07) is 1.80. The molecule has 2 N–H and O–H groups in total. The number of rotatable bonds is 8. The molecule has 5 heterocycles. The molecular weight excluding hydrogens is 536 g/mol. The number of amides is 1.